The molecule has 32 heavy (non-hydrogen) atoms. The predicted molar refractivity (Wildman–Crippen MR) is 124 cm³/mol. The summed E-state index contributed by atoms with van der Waals surface area (Å²) >= 11 is 0. The summed E-state index contributed by atoms with van der Waals surface area (Å²) in [5.74, 6) is -2.09. The summed E-state index contributed by atoms with van der Waals surface area (Å²) in [5.41, 5.74) is 3.40. The molecule has 5 nitrogen and oxygen atoms in total. The Balaban J connectivity index is 1.29. The first-order valence-electron chi connectivity index (χ1n) is 11.5. The Morgan fingerprint density at radius 1 is 1.03 bits per heavy atom. The Morgan fingerprint density at radius 3 is 2.59 bits per heavy atom. The Hall–Kier alpha value is -2.51. The maximum atomic E-state index is 13.3. The van der Waals surface area contributed by atoms with E-state index in [1.807, 2.05) is 13.0 Å². The molecule has 2 N–H and O–H groups in total. The molecule has 0 bridgehead atoms. The summed E-state index contributed by atoms with van der Waals surface area (Å²) in [6, 6.07) is 10.3. The van der Waals surface area contributed by atoms with Gasteiger partial charge in [-0.05, 0) is 81.6 Å². The minimum absolute atomic E-state index is 0.0295. The third-order valence-electron chi connectivity index (χ3n) is 6.49. The number of rotatable bonds is 8. The van der Waals surface area contributed by atoms with Gasteiger partial charge in [-0.25, -0.2) is 8.78 Å². The van der Waals surface area contributed by atoms with Crippen LogP contribution in [0.4, 0.5) is 20.2 Å². The molecule has 2 aromatic rings. The number of hydrogen-bond acceptors (Lipinski definition) is 4. The van der Waals surface area contributed by atoms with Crippen molar-refractivity contribution in [3.05, 3.63) is 59.2 Å². The molecule has 0 saturated carbocycles. The van der Waals surface area contributed by atoms with E-state index in [0.717, 1.165) is 36.5 Å². The molecule has 1 atom stereocenters. The Morgan fingerprint density at radius 2 is 1.84 bits per heavy atom. The molecule has 2 heterocycles. The van der Waals surface area contributed by atoms with Crippen molar-refractivity contribution < 1.29 is 13.6 Å². The zero-order valence-corrected chi connectivity index (χ0v) is 18.7. The van der Waals surface area contributed by atoms with Crippen LogP contribution in [0, 0.1) is 18.6 Å². The summed E-state index contributed by atoms with van der Waals surface area (Å²) in [6.45, 7) is 7.70. The van der Waals surface area contributed by atoms with E-state index in [1.165, 1.54) is 56.9 Å². The lowest BCUT2D eigenvalue weighted by atomic mass is 10.1. The van der Waals surface area contributed by atoms with Gasteiger partial charge in [0.05, 0.1) is 6.54 Å². The van der Waals surface area contributed by atoms with Crippen LogP contribution in [0.5, 0.6) is 0 Å². The van der Waals surface area contributed by atoms with Gasteiger partial charge >= 0.3 is 0 Å². The van der Waals surface area contributed by atoms with Crippen LogP contribution >= 0.6 is 0 Å². The van der Waals surface area contributed by atoms with Crippen LogP contribution < -0.4 is 10.6 Å². The molecule has 2 fully saturated rings. The fourth-order valence-electron chi connectivity index (χ4n) is 4.76. The number of anilines is 2. The highest BCUT2D eigenvalue weighted by Crippen LogP contribution is 2.24. The van der Waals surface area contributed by atoms with E-state index in [4.69, 9.17) is 0 Å². The van der Waals surface area contributed by atoms with E-state index in [2.05, 4.69) is 32.6 Å². The zero-order chi connectivity index (χ0) is 22.5. The lowest BCUT2D eigenvalue weighted by molar-refractivity contribution is -0.114. The first-order chi connectivity index (χ1) is 15.5. The second-order valence-corrected chi connectivity index (χ2v) is 8.95. The second-order valence-electron chi connectivity index (χ2n) is 8.95. The topological polar surface area (TPSA) is 47.6 Å². The third kappa shape index (κ3) is 5.84. The van der Waals surface area contributed by atoms with Crippen molar-refractivity contribution in [2.45, 2.75) is 45.2 Å². The van der Waals surface area contributed by atoms with Crippen molar-refractivity contribution in [1.29, 1.82) is 0 Å². The second kappa shape index (κ2) is 10.4. The number of benzene rings is 2. The van der Waals surface area contributed by atoms with E-state index in [0.29, 0.717) is 11.7 Å². The Labute approximate surface area is 188 Å². The van der Waals surface area contributed by atoms with Gasteiger partial charge < -0.3 is 15.5 Å². The van der Waals surface area contributed by atoms with Crippen molar-refractivity contribution in [3.63, 3.8) is 0 Å². The number of halogens is 2. The van der Waals surface area contributed by atoms with Gasteiger partial charge in [0.25, 0.3) is 0 Å². The highest BCUT2D eigenvalue weighted by atomic mass is 19.2. The summed E-state index contributed by atoms with van der Waals surface area (Å²) in [4.78, 5) is 17.5. The number of aryl methyl sites for hydroxylation is 1. The predicted octanol–water partition coefficient (Wildman–Crippen LogP) is 4.38. The maximum Gasteiger partial charge on any atom is 0.243 e. The van der Waals surface area contributed by atoms with E-state index < -0.39 is 11.6 Å². The van der Waals surface area contributed by atoms with Gasteiger partial charge in [0, 0.05) is 36.6 Å². The van der Waals surface area contributed by atoms with Crippen LogP contribution in [-0.4, -0.2) is 54.5 Å². The van der Waals surface area contributed by atoms with Crippen molar-refractivity contribution in [3.8, 4) is 0 Å². The van der Waals surface area contributed by atoms with E-state index >= 15 is 0 Å². The minimum Gasteiger partial charge on any atom is -0.376 e. The normalized spacial score (nSPS) is 19.4. The number of carbonyl (C=O) groups excluding carboxylic acids is 1. The number of hydrogen-bond donors (Lipinski definition) is 2. The molecule has 0 spiro atoms. The Bertz CT molecular complexity index is 946. The number of likely N-dealkylation sites (tertiary alicyclic amines) is 2. The molecule has 0 unspecified atom stereocenters. The number of amides is 1. The van der Waals surface area contributed by atoms with Gasteiger partial charge in [0.2, 0.25) is 5.91 Å². The first kappa shape index (κ1) is 22.7. The SMILES string of the molecule is Cc1cc(CN2CCC[C@H]2CN2CCCC2)ccc1NC(=O)CNc1ccc(F)c(F)c1. The summed E-state index contributed by atoms with van der Waals surface area (Å²) in [5, 5.41) is 5.71. The fraction of sp³-hybridized carbons (Fsp3) is 0.480. The number of nitrogens with zero attached hydrogens (tertiary/aromatic N) is 2. The van der Waals surface area contributed by atoms with Crippen molar-refractivity contribution in [1.82, 2.24) is 9.80 Å². The molecule has 0 aliphatic carbocycles. The summed E-state index contributed by atoms with van der Waals surface area (Å²) in [7, 11) is 0. The largest absolute Gasteiger partial charge is 0.376 e. The monoisotopic (exact) mass is 442 g/mol. The van der Waals surface area contributed by atoms with Crippen LogP contribution in [0.25, 0.3) is 0 Å². The molecule has 0 radical (unpaired) electrons. The van der Waals surface area contributed by atoms with Crippen LogP contribution in [0.3, 0.4) is 0 Å². The summed E-state index contributed by atoms with van der Waals surface area (Å²) in [6.07, 6.45) is 5.19. The third-order valence-corrected chi connectivity index (χ3v) is 6.49. The fourth-order valence-corrected chi connectivity index (χ4v) is 4.76. The molecule has 2 saturated heterocycles. The molecule has 7 heteroatoms. The average Bonchev–Trinajstić information content (AvgIpc) is 3.44. The molecular weight excluding hydrogens is 410 g/mol. The van der Waals surface area contributed by atoms with Crippen molar-refractivity contribution in [2.24, 2.45) is 0 Å². The molecule has 2 aliphatic rings. The van der Waals surface area contributed by atoms with Crippen LogP contribution in [0.2, 0.25) is 0 Å². The number of carbonyl (C=O) groups is 1. The van der Waals surface area contributed by atoms with Gasteiger partial charge in [-0.2, -0.15) is 0 Å². The molecule has 172 valence electrons. The highest BCUT2D eigenvalue weighted by molar-refractivity contribution is 5.94. The lowest BCUT2D eigenvalue weighted by Crippen LogP contribution is -2.38. The van der Waals surface area contributed by atoms with Gasteiger partial charge in [-0.1, -0.05) is 12.1 Å². The highest BCUT2D eigenvalue weighted by Gasteiger charge is 2.27. The summed E-state index contributed by atoms with van der Waals surface area (Å²) < 4.78 is 26.3. The lowest BCUT2D eigenvalue weighted by Gasteiger charge is -2.28. The van der Waals surface area contributed by atoms with Crippen LogP contribution in [-0.2, 0) is 11.3 Å². The maximum absolute atomic E-state index is 13.3. The van der Waals surface area contributed by atoms with Crippen molar-refractivity contribution in [2.75, 3.05) is 43.4 Å². The Kier molecular flexibility index (Phi) is 7.37. The standard InChI is InChI=1S/C25H32F2N4O/c1-18-13-19(16-31-12-4-5-21(31)17-30-10-2-3-11-30)6-9-24(18)29-25(32)15-28-20-7-8-22(26)23(27)14-20/h6-9,13-14,21,28H,2-5,10-12,15-17H2,1H3,(H,29,32)/t21-/m0/s1. The van der Waals surface area contributed by atoms with E-state index in [1.54, 1.807) is 0 Å². The molecular formula is C25H32F2N4O. The zero-order valence-electron chi connectivity index (χ0n) is 18.7. The van der Waals surface area contributed by atoms with Gasteiger partial charge in [-0.3, -0.25) is 9.69 Å². The first-order valence-corrected chi connectivity index (χ1v) is 11.5. The van der Waals surface area contributed by atoms with Crippen LogP contribution in [0.15, 0.2) is 36.4 Å². The minimum atomic E-state index is -0.942. The quantitative estimate of drug-likeness (QED) is 0.637. The molecule has 2 aromatic carbocycles. The molecule has 1 amide bonds. The van der Waals surface area contributed by atoms with Gasteiger partial charge in [0.1, 0.15) is 0 Å². The van der Waals surface area contributed by atoms with Crippen LogP contribution in [0.1, 0.15) is 36.8 Å². The molecule has 4 rings (SSSR count). The van der Waals surface area contributed by atoms with Crippen molar-refractivity contribution >= 4 is 17.3 Å². The molecule has 2 aliphatic heterocycles. The average molecular weight is 443 g/mol. The smallest absolute Gasteiger partial charge is 0.243 e. The van der Waals surface area contributed by atoms with E-state index in [9.17, 15) is 13.6 Å². The van der Waals surface area contributed by atoms with E-state index in [-0.39, 0.29) is 12.5 Å². The van der Waals surface area contributed by atoms with Gasteiger partial charge in [-0.15, -0.1) is 0 Å². The molecule has 0 aromatic heterocycles. The number of nitrogens with one attached hydrogen (secondary N) is 2. The van der Waals surface area contributed by atoms with Gasteiger partial charge in [0.15, 0.2) is 11.6 Å².